The zero-order valence-corrected chi connectivity index (χ0v) is 14.2. The van der Waals surface area contributed by atoms with Gasteiger partial charge in [-0.1, -0.05) is 12.1 Å². The Morgan fingerprint density at radius 2 is 1.92 bits per heavy atom. The number of hydrogen-bond acceptors (Lipinski definition) is 5. The van der Waals surface area contributed by atoms with Crippen LogP contribution in [0.3, 0.4) is 0 Å². The van der Waals surface area contributed by atoms with E-state index >= 15 is 0 Å². The third kappa shape index (κ3) is 3.60. The normalized spacial score (nSPS) is 11.4. The number of anilines is 1. The van der Waals surface area contributed by atoms with Crippen molar-refractivity contribution >= 4 is 16.0 Å². The summed E-state index contributed by atoms with van der Waals surface area (Å²) in [6, 6.07) is 10.5. The van der Waals surface area contributed by atoms with Gasteiger partial charge in [0, 0.05) is 6.20 Å². The monoisotopic (exact) mass is 343 g/mol. The maximum Gasteiger partial charge on any atom is 0.264 e. The van der Waals surface area contributed by atoms with Gasteiger partial charge in [0.1, 0.15) is 6.33 Å². The molecular weight excluding hydrogens is 326 g/mol. The minimum absolute atomic E-state index is 0.0316. The molecule has 8 heteroatoms. The van der Waals surface area contributed by atoms with Crippen LogP contribution in [0.25, 0.3) is 0 Å². The van der Waals surface area contributed by atoms with Gasteiger partial charge in [0.2, 0.25) is 0 Å². The van der Waals surface area contributed by atoms with Crippen molar-refractivity contribution in [3.05, 3.63) is 65.7 Å². The zero-order valence-electron chi connectivity index (χ0n) is 13.3. The van der Waals surface area contributed by atoms with Crippen molar-refractivity contribution in [1.82, 2.24) is 19.7 Å². The molecule has 0 aliphatic carbocycles. The molecular formula is C16H17N5O2S. The van der Waals surface area contributed by atoms with Crippen molar-refractivity contribution in [1.29, 1.82) is 0 Å². The summed E-state index contributed by atoms with van der Waals surface area (Å²) in [5, 5.41) is 4.13. The number of hydrogen-bond donors (Lipinski definition) is 1. The van der Waals surface area contributed by atoms with Gasteiger partial charge in [-0.3, -0.25) is 4.98 Å². The van der Waals surface area contributed by atoms with E-state index < -0.39 is 10.0 Å². The number of rotatable bonds is 5. The van der Waals surface area contributed by atoms with E-state index in [0.29, 0.717) is 6.54 Å². The summed E-state index contributed by atoms with van der Waals surface area (Å²) in [4.78, 5) is 8.38. The van der Waals surface area contributed by atoms with Crippen molar-refractivity contribution in [2.24, 2.45) is 0 Å². The molecule has 24 heavy (non-hydrogen) atoms. The van der Waals surface area contributed by atoms with Gasteiger partial charge in [-0.05, 0) is 49.2 Å². The Morgan fingerprint density at radius 3 is 2.62 bits per heavy atom. The number of nitrogens with zero attached hydrogens (tertiary/aromatic N) is 4. The Bertz CT molecular complexity index is 952. The quantitative estimate of drug-likeness (QED) is 0.766. The second-order valence-corrected chi connectivity index (χ2v) is 7.12. The molecule has 124 valence electrons. The zero-order chi connectivity index (χ0) is 17.2. The van der Waals surface area contributed by atoms with E-state index in [1.807, 2.05) is 32.0 Å². The Balaban J connectivity index is 1.77. The van der Waals surface area contributed by atoms with Crippen LogP contribution in [0.5, 0.6) is 0 Å². The van der Waals surface area contributed by atoms with E-state index in [9.17, 15) is 8.42 Å². The Morgan fingerprint density at radius 1 is 1.08 bits per heavy atom. The molecule has 3 aromatic rings. The first-order valence-corrected chi connectivity index (χ1v) is 8.82. The van der Waals surface area contributed by atoms with Crippen LogP contribution >= 0.6 is 0 Å². The summed E-state index contributed by atoms with van der Waals surface area (Å²) in [7, 11) is -3.72. The number of nitrogens with one attached hydrogen (secondary N) is 1. The van der Waals surface area contributed by atoms with Crippen LogP contribution in [-0.2, 0) is 16.6 Å². The highest BCUT2D eigenvalue weighted by Gasteiger charge is 2.17. The van der Waals surface area contributed by atoms with E-state index in [-0.39, 0.29) is 10.8 Å². The van der Waals surface area contributed by atoms with Crippen LogP contribution in [0.1, 0.15) is 16.8 Å². The average Bonchev–Trinajstić information content (AvgIpc) is 2.97. The van der Waals surface area contributed by atoms with E-state index in [4.69, 9.17) is 0 Å². The highest BCUT2D eigenvalue weighted by atomic mass is 32.2. The molecule has 2 heterocycles. The predicted octanol–water partition coefficient (Wildman–Crippen LogP) is 2.14. The first-order chi connectivity index (χ1) is 11.4. The number of pyridine rings is 1. The largest absolute Gasteiger partial charge is 0.264 e. The molecule has 3 rings (SSSR count). The van der Waals surface area contributed by atoms with Crippen molar-refractivity contribution in [2.45, 2.75) is 25.3 Å². The molecule has 1 aromatic carbocycles. The Kier molecular flexibility index (Phi) is 4.30. The lowest BCUT2D eigenvalue weighted by atomic mass is 10.1. The topological polar surface area (TPSA) is 89.8 Å². The van der Waals surface area contributed by atoms with Gasteiger partial charge in [0.25, 0.3) is 16.0 Å². The maximum atomic E-state index is 12.4. The highest BCUT2D eigenvalue weighted by Crippen LogP contribution is 2.17. The molecule has 2 aromatic heterocycles. The lowest BCUT2D eigenvalue weighted by molar-refractivity contribution is 0.600. The second kappa shape index (κ2) is 6.40. The fraction of sp³-hybridized carbons (Fsp3) is 0.188. The van der Waals surface area contributed by atoms with Crippen molar-refractivity contribution in [3.8, 4) is 0 Å². The maximum absolute atomic E-state index is 12.4. The summed E-state index contributed by atoms with van der Waals surface area (Å²) in [6.45, 7) is 4.22. The molecule has 0 atom stereocenters. The Hall–Kier alpha value is -2.74. The summed E-state index contributed by atoms with van der Waals surface area (Å²) in [5.41, 5.74) is 2.75. The lowest BCUT2D eigenvalue weighted by Crippen LogP contribution is -2.14. The summed E-state index contributed by atoms with van der Waals surface area (Å²) in [6.07, 6.45) is 3.16. The fourth-order valence-corrected chi connectivity index (χ4v) is 3.17. The molecule has 0 unspecified atom stereocenters. The molecule has 0 saturated carbocycles. The van der Waals surface area contributed by atoms with E-state index in [1.54, 1.807) is 24.4 Å². The number of aromatic nitrogens is 4. The van der Waals surface area contributed by atoms with Gasteiger partial charge in [-0.2, -0.15) is 4.98 Å². The van der Waals surface area contributed by atoms with Crippen molar-refractivity contribution in [3.63, 3.8) is 0 Å². The third-order valence-corrected chi connectivity index (χ3v) is 4.93. The van der Waals surface area contributed by atoms with Gasteiger partial charge >= 0.3 is 0 Å². The Labute approximate surface area is 140 Å². The van der Waals surface area contributed by atoms with E-state index in [2.05, 4.69) is 19.8 Å². The van der Waals surface area contributed by atoms with E-state index in [0.717, 1.165) is 16.8 Å². The lowest BCUT2D eigenvalue weighted by Gasteiger charge is -2.07. The van der Waals surface area contributed by atoms with Gasteiger partial charge < -0.3 is 0 Å². The molecule has 0 radical (unpaired) electrons. The molecule has 1 N–H and O–H groups in total. The minimum Gasteiger partial charge on any atom is -0.259 e. The first kappa shape index (κ1) is 16.1. The van der Waals surface area contributed by atoms with Crippen LogP contribution in [0.15, 0.2) is 53.8 Å². The SMILES string of the molecule is Cc1ccc(S(=O)(=O)Nc2ncn(Cc3ccccn3)n2)cc1C. The third-order valence-electron chi connectivity index (χ3n) is 3.60. The molecule has 0 bridgehead atoms. The van der Waals surface area contributed by atoms with Gasteiger partial charge in [0.05, 0.1) is 17.1 Å². The number of aryl methyl sites for hydroxylation is 2. The molecule has 0 amide bonds. The second-order valence-electron chi connectivity index (χ2n) is 5.44. The number of sulfonamides is 1. The van der Waals surface area contributed by atoms with Crippen LogP contribution in [-0.4, -0.2) is 28.2 Å². The van der Waals surface area contributed by atoms with Crippen molar-refractivity contribution in [2.75, 3.05) is 4.72 Å². The smallest absolute Gasteiger partial charge is 0.259 e. The van der Waals surface area contributed by atoms with Crippen molar-refractivity contribution < 1.29 is 8.42 Å². The predicted molar refractivity (Wildman–Crippen MR) is 90.1 cm³/mol. The summed E-state index contributed by atoms with van der Waals surface area (Å²) in [5.74, 6) is 0.0316. The standard InChI is InChI=1S/C16H17N5O2S/c1-12-6-7-15(9-13(12)2)24(22,23)20-16-18-11-21(19-16)10-14-5-3-4-8-17-14/h3-9,11H,10H2,1-2H3,(H,19,20). The van der Waals surface area contributed by atoms with E-state index in [1.165, 1.54) is 11.0 Å². The molecule has 0 aliphatic heterocycles. The van der Waals surface area contributed by atoms with Crippen LogP contribution < -0.4 is 4.72 Å². The fourth-order valence-electron chi connectivity index (χ4n) is 2.14. The van der Waals surface area contributed by atoms with Crippen LogP contribution in [0.2, 0.25) is 0 Å². The molecule has 7 nitrogen and oxygen atoms in total. The van der Waals surface area contributed by atoms with Gasteiger partial charge in [-0.15, -0.1) is 5.10 Å². The molecule has 0 aliphatic rings. The minimum atomic E-state index is -3.72. The molecule has 0 spiro atoms. The summed E-state index contributed by atoms with van der Waals surface area (Å²) >= 11 is 0. The van der Waals surface area contributed by atoms with Crippen LogP contribution in [0, 0.1) is 13.8 Å². The number of benzene rings is 1. The molecule has 0 fully saturated rings. The average molecular weight is 343 g/mol. The summed E-state index contributed by atoms with van der Waals surface area (Å²) < 4.78 is 28.8. The van der Waals surface area contributed by atoms with Gasteiger partial charge in [0.15, 0.2) is 0 Å². The highest BCUT2D eigenvalue weighted by molar-refractivity contribution is 7.92. The first-order valence-electron chi connectivity index (χ1n) is 7.33. The van der Waals surface area contributed by atoms with Crippen LogP contribution in [0.4, 0.5) is 5.95 Å². The van der Waals surface area contributed by atoms with Gasteiger partial charge in [-0.25, -0.2) is 17.8 Å². The molecule has 0 saturated heterocycles.